The van der Waals surface area contributed by atoms with Crippen molar-refractivity contribution >= 4 is 17.4 Å². The van der Waals surface area contributed by atoms with Gasteiger partial charge in [-0.3, -0.25) is 0 Å². The number of hydrogen-bond donors (Lipinski definition) is 0. The van der Waals surface area contributed by atoms with Crippen LogP contribution in [0.25, 0.3) is 16.5 Å². The summed E-state index contributed by atoms with van der Waals surface area (Å²) in [5.74, 6) is -0.418. The van der Waals surface area contributed by atoms with Crippen molar-refractivity contribution < 1.29 is 4.39 Å². The van der Waals surface area contributed by atoms with Gasteiger partial charge < -0.3 is 0 Å². The molecule has 0 N–H and O–H groups in total. The van der Waals surface area contributed by atoms with Gasteiger partial charge in [-0.05, 0) is 28.6 Å². The van der Waals surface area contributed by atoms with E-state index in [-0.39, 0.29) is 0 Å². The molecule has 0 saturated heterocycles. The third-order valence-electron chi connectivity index (χ3n) is 2.04. The minimum absolute atomic E-state index is 0.418. The highest BCUT2D eigenvalue weighted by Gasteiger charge is 1.97. The standard InChI is InChI=1S/C13H10FS/c1-10(14)9-11-4-6-12(7-5-11)13-3-2-8-15-13/h2-9H,1H2/b10-9+. The molecule has 0 aliphatic carbocycles. The number of halogens is 1. The van der Waals surface area contributed by atoms with Crippen LogP contribution >= 0.6 is 11.3 Å². The van der Waals surface area contributed by atoms with Crippen LogP contribution < -0.4 is 0 Å². The molecular weight excluding hydrogens is 207 g/mol. The Bertz CT molecular complexity index is 448. The van der Waals surface area contributed by atoms with Crippen LogP contribution in [0.1, 0.15) is 5.56 Å². The molecule has 75 valence electrons. The van der Waals surface area contributed by atoms with Crippen molar-refractivity contribution in [3.8, 4) is 10.4 Å². The highest BCUT2D eigenvalue weighted by Crippen LogP contribution is 2.25. The molecule has 0 aliphatic rings. The molecule has 15 heavy (non-hydrogen) atoms. The van der Waals surface area contributed by atoms with Crippen LogP contribution in [-0.4, -0.2) is 0 Å². The summed E-state index contributed by atoms with van der Waals surface area (Å²) < 4.78 is 12.5. The van der Waals surface area contributed by atoms with Crippen molar-refractivity contribution in [3.05, 3.63) is 60.1 Å². The van der Waals surface area contributed by atoms with Crippen LogP contribution in [-0.2, 0) is 0 Å². The lowest BCUT2D eigenvalue weighted by Gasteiger charge is -1.98. The van der Waals surface area contributed by atoms with Crippen LogP contribution in [0.15, 0.2) is 47.6 Å². The minimum Gasteiger partial charge on any atom is -0.212 e. The highest BCUT2D eigenvalue weighted by atomic mass is 32.1. The van der Waals surface area contributed by atoms with Crippen molar-refractivity contribution in [1.29, 1.82) is 0 Å². The average Bonchev–Trinajstić information content (AvgIpc) is 2.71. The van der Waals surface area contributed by atoms with Crippen LogP contribution in [0.2, 0.25) is 0 Å². The summed E-state index contributed by atoms with van der Waals surface area (Å²) in [6.45, 7) is 3.20. The first-order valence-electron chi connectivity index (χ1n) is 4.59. The Labute approximate surface area is 92.7 Å². The number of benzene rings is 1. The zero-order valence-electron chi connectivity index (χ0n) is 8.11. The van der Waals surface area contributed by atoms with Gasteiger partial charge in [0.1, 0.15) is 5.83 Å². The molecule has 0 aliphatic heterocycles. The second-order valence-electron chi connectivity index (χ2n) is 3.19. The molecule has 0 spiro atoms. The Kier molecular flexibility index (Phi) is 2.97. The molecule has 1 aromatic carbocycles. The smallest absolute Gasteiger partial charge is 0.101 e. The van der Waals surface area contributed by atoms with Crippen molar-refractivity contribution in [2.45, 2.75) is 0 Å². The quantitative estimate of drug-likeness (QED) is 0.691. The third-order valence-corrected chi connectivity index (χ3v) is 2.96. The Morgan fingerprint density at radius 2 is 1.93 bits per heavy atom. The first-order chi connectivity index (χ1) is 7.25. The van der Waals surface area contributed by atoms with Gasteiger partial charge in [0.2, 0.25) is 0 Å². The lowest BCUT2D eigenvalue weighted by molar-refractivity contribution is 0.673. The Morgan fingerprint density at radius 1 is 1.20 bits per heavy atom. The van der Waals surface area contributed by atoms with Crippen molar-refractivity contribution in [2.75, 3.05) is 0 Å². The minimum atomic E-state index is -0.418. The molecule has 0 atom stereocenters. The van der Waals surface area contributed by atoms with Crippen molar-refractivity contribution in [1.82, 2.24) is 0 Å². The molecular formula is C13H10FS. The molecule has 2 rings (SSSR count). The molecule has 2 aromatic rings. The molecule has 0 fully saturated rings. The van der Waals surface area contributed by atoms with Gasteiger partial charge in [0.15, 0.2) is 0 Å². The van der Waals surface area contributed by atoms with E-state index in [0.717, 1.165) is 11.1 Å². The van der Waals surface area contributed by atoms with Crippen LogP contribution in [0, 0.1) is 6.92 Å². The summed E-state index contributed by atoms with van der Waals surface area (Å²) >= 11 is 1.69. The summed E-state index contributed by atoms with van der Waals surface area (Å²) in [7, 11) is 0. The van der Waals surface area contributed by atoms with Gasteiger partial charge >= 0.3 is 0 Å². The fourth-order valence-corrected chi connectivity index (χ4v) is 2.10. The lowest BCUT2D eigenvalue weighted by atomic mass is 10.1. The molecule has 0 unspecified atom stereocenters. The SMILES string of the molecule is [CH2]/C(F)=C\c1ccc(-c2cccs2)cc1. The van der Waals surface area contributed by atoms with Gasteiger partial charge in [0, 0.05) is 11.8 Å². The fraction of sp³-hybridized carbons (Fsp3) is 0. The van der Waals surface area contributed by atoms with Gasteiger partial charge in [-0.15, -0.1) is 11.3 Å². The largest absolute Gasteiger partial charge is 0.212 e. The van der Waals surface area contributed by atoms with Crippen LogP contribution in [0.4, 0.5) is 4.39 Å². The molecule has 0 saturated carbocycles. The Hall–Kier alpha value is -1.41. The second kappa shape index (κ2) is 4.41. The molecule has 2 heteroatoms. The van der Waals surface area contributed by atoms with E-state index in [2.05, 4.69) is 13.0 Å². The summed E-state index contributed by atoms with van der Waals surface area (Å²) in [5.41, 5.74) is 1.99. The Morgan fingerprint density at radius 3 is 2.47 bits per heavy atom. The molecule has 1 heterocycles. The topological polar surface area (TPSA) is 0 Å². The maximum absolute atomic E-state index is 12.5. The maximum Gasteiger partial charge on any atom is 0.101 e. The lowest BCUT2D eigenvalue weighted by Crippen LogP contribution is -1.75. The number of thiophene rings is 1. The van der Waals surface area contributed by atoms with E-state index >= 15 is 0 Å². The van der Waals surface area contributed by atoms with Crippen LogP contribution in [0.5, 0.6) is 0 Å². The maximum atomic E-state index is 12.5. The van der Waals surface area contributed by atoms with Gasteiger partial charge in [0.25, 0.3) is 0 Å². The molecule has 0 bridgehead atoms. The fourth-order valence-electron chi connectivity index (χ4n) is 1.37. The van der Waals surface area contributed by atoms with Gasteiger partial charge in [0.05, 0.1) is 0 Å². The normalized spacial score (nSPS) is 11.7. The van der Waals surface area contributed by atoms with E-state index in [9.17, 15) is 4.39 Å². The summed E-state index contributed by atoms with van der Waals surface area (Å²) in [5, 5.41) is 2.04. The number of rotatable bonds is 2. The summed E-state index contributed by atoms with van der Waals surface area (Å²) in [4.78, 5) is 1.22. The predicted molar refractivity (Wildman–Crippen MR) is 64.2 cm³/mol. The molecule has 1 aromatic heterocycles. The van der Waals surface area contributed by atoms with E-state index in [1.807, 2.05) is 35.7 Å². The van der Waals surface area contributed by atoms with Gasteiger partial charge in [-0.2, -0.15) is 0 Å². The van der Waals surface area contributed by atoms with E-state index in [1.54, 1.807) is 11.3 Å². The summed E-state index contributed by atoms with van der Waals surface area (Å²) in [6, 6.07) is 11.8. The predicted octanol–water partition coefficient (Wildman–Crippen LogP) is 4.56. The van der Waals surface area contributed by atoms with Crippen molar-refractivity contribution in [2.24, 2.45) is 0 Å². The van der Waals surface area contributed by atoms with Gasteiger partial charge in [-0.1, -0.05) is 30.3 Å². The monoisotopic (exact) mass is 217 g/mol. The van der Waals surface area contributed by atoms with Gasteiger partial charge in [-0.25, -0.2) is 4.39 Å². The summed E-state index contributed by atoms with van der Waals surface area (Å²) in [6.07, 6.45) is 1.41. The van der Waals surface area contributed by atoms with E-state index in [0.29, 0.717) is 0 Å². The van der Waals surface area contributed by atoms with Crippen LogP contribution in [0.3, 0.4) is 0 Å². The average molecular weight is 217 g/mol. The number of allylic oxidation sites excluding steroid dienone is 1. The second-order valence-corrected chi connectivity index (χ2v) is 4.14. The van der Waals surface area contributed by atoms with Crippen molar-refractivity contribution in [3.63, 3.8) is 0 Å². The zero-order chi connectivity index (χ0) is 10.7. The molecule has 0 amide bonds. The number of hydrogen-bond acceptors (Lipinski definition) is 1. The zero-order valence-corrected chi connectivity index (χ0v) is 8.93. The third kappa shape index (κ3) is 2.54. The van der Waals surface area contributed by atoms with E-state index in [1.165, 1.54) is 11.0 Å². The Balaban J connectivity index is 2.29. The van der Waals surface area contributed by atoms with E-state index in [4.69, 9.17) is 0 Å². The van der Waals surface area contributed by atoms with E-state index < -0.39 is 5.83 Å². The highest BCUT2D eigenvalue weighted by molar-refractivity contribution is 7.13. The first kappa shape index (κ1) is 10.1. The molecule has 1 radical (unpaired) electrons. The first-order valence-corrected chi connectivity index (χ1v) is 5.47. The molecule has 0 nitrogen and oxygen atoms in total.